The molecule has 4 heteroatoms. The molecule has 3 nitrogen and oxygen atoms in total. The van der Waals surface area contributed by atoms with Gasteiger partial charge in [-0.2, -0.15) is 0 Å². The van der Waals surface area contributed by atoms with Crippen molar-refractivity contribution in [3.63, 3.8) is 0 Å². The van der Waals surface area contributed by atoms with E-state index in [0.29, 0.717) is 6.54 Å². The van der Waals surface area contributed by atoms with E-state index in [9.17, 15) is 9.18 Å². The molecule has 0 heterocycles. The average Bonchev–Trinajstić information content (AvgIpc) is 2.37. The van der Waals surface area contributed by atoms with Gasteiger partial charge in [0, 0.05) is 12.6 Å². The summed E-state index contributed by atoms with van der Waals surface area (Å²) in [6, 6.07) is 3.55. The summed E-state index contributed by atoms with van der Waals surface area (Å²) < 4.78 is 13.4. The van der Waals surface area contributed by atoms with Gasteiger partial charge in [0.2, 0.25) is 0 Å². The molecule has 1 rings (SSSR count). The normalized spacial score (nSPS) is 10.8. The lowest BCUT2D eigenvalue weighted by molar-refractivity contribution is 0.0949. The first-order valence-corrected chi connectivity index (χ1v) is 7.27. The van der Waals surface area contributed by atoms with Crippen LogP contribution >= 0.6 is 0 Å². The predicted molar refractivity (Wildman–Crippen MR) is 78.3 cm³/mol. The minimum atomic E-state index is -0.695. The van der Waals surface area contributed by atoms with Gasteiger partial charge in [0.25, 0.3) is 5.91 Å². The molecule has 20 heavy (non-hydrogen) atoms. The van der Waals surface area contributed by atoms with E-state index in [2.05, 4.69) is 19.2 Å². The Morgan fingerprint density at radius 1 is 1.25 bits per heavy atom. The first-order chi connectivity index (χ1) is 9.50. The number of halogens is 1. The van der Waals surface area contributed by atoms with Gasteiger partial charge in [0.05, 0.1) is 5.56 Å². The molecule has 2 N–H and O–H groups in total. The van der Waals surface area contributed by atoms with Crippen molar-refractivity contribution in [3.05, 3.63) is 29.6 Å². The Kier molecular flexibility index (Phi) is 7.05. The molecule has 0 radical (unpaired) electrons. The molecule has 0 aliphatic rings. The third-order valence-corrected chi connectivity index (χ3v) is 3.19. The molecule has 0 bridgehead atoms. The second kappa shape index (κ2) is 8.56. The summed E-state index contributed by atoms with van der Waals surface area (Å²) in [5, 5.41) is 11.8. The molecule has 0 saturated carbocycles. The molecule has 0 aliphatic carbocycles. The number of benzene rings is 1. The second-order valence-corrected chi connectivity index (χ2v) is 5.52. The number of nitrogens with one attached hydrogen (secondary N) is 1. The molecule has 0 unspecified atom stereocenters. The highest BCUT2D eigenvalue weighted by molar-refractivity contribution is 5.94. The van der Waals surface area contributed by atoms with E-state index in [-0.39, 0.29) is 11.3 Å². The summed E-state index contributed by atoms with van der Waals surface area (Å²) in [5.74, 6) is -0.555. The van der Waals surface area contributed by atoms with Crippen LogP contribution in [0.2, 0.25) is 0 Å². The number of phenols is 1. The van der Waals surface area contributed by atoms with Crippen molar-refractivity contribution in [2.24, 2.45) is 5.92 Å². The number of unbranched alkanes of at least 4 members (excludes halogenated alkanes) is 3. The van der Waals surface area contributed by atoms with Gasteiger partial charge in [-0.05, 0) is 24.5 Å². The molecule has 0 fully saturated rings. The van der Waals surface area contributed by atoms with Gasteiger partial charge in [0.15, 0.2) is 0 Å². The number of carbonyl (C=O) groups excluding carboxylic acids is 1. The monoisotopic (exact) mass is 281 g/mol. The van der Waals surface area contributed by atoms with Gasteiger partial charge in [-0.1, -0.05) is 39.5 Å². The smallest absolute Gasteiger partial charge is 0.254 e. The Morgan fingerprint density at radius 3 is 2.60 bits per heavy atom. The molecule has 1 aromatic rings. The van der Waals surface area contributed by atoms with Crippen LogP contribution in [-0.2, 0) is 0 Å². The van der Waals surface area contributed by atoms with Gasteiger partial charge in [-0.15, -0.1) is 0 Å². The predicted octanol–water partition coefficient (Wildman–Crippen LogP) is 3.87. The van der Waals surface area contributed by atoms with E-state index in [0.717, 1.165) is 24.8 Å². The maximum atomic E-state index is 13.4. The van der Waals surface area contributed by atoms with Crippen LogP contribution in [0.15, 0.2) is 18.2 Å². The Labute approximate surface area is 120 Å². The molecule has 0 aromatic heterocycles. The number of amides is 1. The summed E-state index contributed by atoms with van der Waals surface area (Å²) >= 11 is 0. The summed E-state index contributed by atoms with van der Waals surface area (Å²) in [6.45, 7) is 4.99. The third kappa shape index (κ3) is 6.04. The van der Waals surface area contributed by atoms with Crippen LogP contribution < -0.4 is 5.32 Å². The van der Waals surface area contributed by atoms with Crippen molar-refractivity contribution < 1.29 is 14.3 Å². The topological polar surface area (TPSA) is 49.3 Å². The fourth-order valence-corrected chi connectivity index (χ4v) is 2.02. The molecule has 0 spiro atoms. The lowest BCUT2D eigenvalue weighted by atomic mass is 10.0. The molecular formula is C16H24FNO2. The van der Waals surface area contributed by atoms with Crippen LogP contribution in [0.3, 0.4) is 0 Å². The zero-order chi connectivity index (χ0) is 15.0. The lowest BCUT2D eigenvalue weighted by Gasteiger charge is -2.07. The third-order valence-electron chi connectivity index (χ3n) is 3.19. The number of carbonyl (C=O) groups is 1. The van der Waals surface area contributed by atoms with Crippen LogP contribution in [0.1, 0.15) is 56.3 Å². The zero-order valence-corrected chi connectivity index (χ0v) is 12.3. The molecule has 0 aliphatic heterocycles. The molecular weight excluding hydrogens is 257 g/mol. The van der Waals surface area contributed by atoms with Gasteiger partial charge in [-0.3, -0.25) is 4.79 Å². The van der Waals surface area contributed by atoms with Crippen molar-refractivity contribution in [2.45, 2.75) is 46.0 Å². The maximum Gasteiger partial charge on any atom is 0.254 e. The Balaban J connectivity index is 2.20. The molecule has 112 valence electrons. The fourth-order valence-electron chi connectivity index (χ4n) is 2.02. The first-order valence-electron chi connectivity index (χ1n) is 7.27. The summed E-state index contributed by atoms with van der Waals surface area (Å²) in [6.07, 6.45) is 5.61. The van der Waals surface area contributed by atoms with Crippen LogP contribution in [-0.4, -0.2) is 17.6 Å². The number of rotatable bonds is 8. The molecule has 0 atom stereocenters. The summed E-state index contributed by atoms with van der Waals surface area (Å²) in [5.41, 5.74) is -0.0254. The maximum absolute atomic E-state index is 13.4. The fraction of sp³-hybridized carbons (Fsp3) is 0.562. The molecule has 1 amide bonds. The van der Waals surface area contributed by atoms with Crippen molar-refractivity contribution in [1.82, 2.24) is 5.32 Å². The van der Waals surface area contributed by atoms with E-state index in [1.165, 1.54) is 31.4 Å². The van der Waals surface area contributed by atoms with E-state index in [4.69, 9.17) is 5.11 Å². The SMILES string of the molecule is CC(C)CCCCCCNC(=O)c1ccc(O)cc1F. The standard InChI is InChI=1S/C16H24FNO2/c1-12(2)7-5-3-4-6-10-18-16(20)14-9-8-13(19)11-15(14)17/h8-9,11-12,19H,3-7,10H2,1-2H3,(H,18,20). The van der Waals surface area contributed by atoms with E-state index < -0.39 is 11.7 Å². The summed E-state index contributed by atoms with van der Waals surface area (Å²) in [7, 11) is 0. The van der Waals surface area contributed by atoms with Crippen molar-refractivity contribution in [1.29, 1.82) is 0 Å². The molecule has 0 saturated heterocycles. The zero-order valence-electron chi connectivity index (χ0n) is 12.3. The first kappa shape index (κ1) is 16.5. The second-order valence-electron chi connectivity index (χ2n) is 5.52. The van der Waals surface area contributed by atoms with E-state index >= 15 is 0 Å². The largest absolute Gasteiger partial charge is 0.508 e. The number of phenolic OH excluding ortho intramolecular Hbond substituents is 1. The van der Waals surface area contributed by atoms with Crippen molar-refractivity contribution in [3.8, 4) is 5.75 Å². The number of aromatic hydroxyl groups is 1. The Hall–Kier alpha value is -1.58. The van der Waals surface area contributed by atoms with Gasteiger partial charge < -0.3 is 10.4 Å². The highest BCUT2D eigenvalue weighted by Gasteiger charge is 2.11. The minimum Gasteiger partial charge on any atom is -0.508 e. The van der Waals surface area contributed by atoms with E-state index in [1.54, 1.807) is 0 Å². The Bertz CT molecular complexity index is 432. The van der Waals surface area contributed by atoms with Gasteiger partial charge in [-0.25, -0.2) is 4.39 Å². The molecule has 1 aromatic carbocycles. The van der Waals surface area contributed by atoms with Crippen LogP contribution in [0.5, 0.6) is 5.75 Å². The van der Waals surface area contributed by atoms with E-state index in [1.807, 2.05) is 0 Å². The lowest BCUT2D eigenvalue weighted by Crippen LogP contribution is -2.25. The Morgan fingerprint density at radius 2 is 1.95 bits per heavy atom. The van der Waals surface area contributed by atoms with Crippen molar-refractivity contribution >= 4 is 5.91 Å². The van der Waals surface area contributed by atoms with Gasteiger partial charge >= 0.3 is 0 Å². The van der Waals surface area contributed by atoms with Crippen LogP contribution in [0, 0.1) is 11.7 Å². The highest BCUT2D eigenvalue weighted by atomic mass is 19.1. The van der Waals surface area contributed by atoms with Crippen molar-refractivity contribution in [2.75, 3.05) is 6.54 Å². The average molecular weight is 281 g/mol. The number of hydrogen-bond acceptors (Lipinski definition) is 2. The van der Waals surface area contributed by atoms with Crippen LogP contribution in [0.25, 0.3) is 0 Å². The minimum absolute atomic E-state index is 0.0254. The summed E-state index contributed by atoms with van der Waals surface area (Å²) in [4.78, 5) is 11.7. The highest BCUT2D eigenvalue weighted by Crippen LogP contribution is 2.15. The van der Waals surface area contributed by atoms with Crippen LogP contribution in [0.4, 0.5) is 4.39 Å². The number of hydrogen-bond donors (Lipinski definition) is 2. The van der Waals surface area contributed by atoms with Gasteiger partial charge in [0.1, 0.15) is 11.6 Å². The quantitative estimate of drug-likeness (QED) is 0.711.